The highest BCUT2D eigenvalue weighted by atomic mass is 16.5. The minimum absolute atomic E-state index is 0.0314. The number of carbonyl (C=O) groups is 3. The number of β-amino-alcohol motifs (C(OH)–C–C–N with tert-alkyl or cyclic N) is 1. The molecule has 1 amide bonds. The topological polar surface area (TPSA) is 134 Å². The van der Waals surface area contributed by atoms with Crippen LogP contribution in [0.25, 0.3) is 5.69 Å². The lowest BCUT2D eigenvalue weighted by Gasteiger charge is -2.16. The molecular formula is C18H18N4O6. The van der Waals surface area contributed by atoms with Gasteiger partial charge in [-0.3, -0.25) is 4.79 Å². The van der Waals surface area contributed by atoms with E-state index >= 15 is 0 Å². The van der Waals surface area contributed by atoms with Gasteiger partial charge in [-0.05, 0) is 24.3 Å². The zero-order valence-electron chi connectivity index (χ0n) is 15.0. The predicted octanol–water partition coefficient (Wildman–Crippen LogP) is 0.244. The quantitative estimate of drug-likeness (QED) is 0.577. The molecule has 28 heavy (non-hydrogen) atoms. The number of hydrogen-bond acceptors (Lipinski definition) is 7. The van der Waals surface area contributed by atoms with Crippen molar-refractivity contribution in [3.8, 4) is 5.69 Å². The van der Waals surface area contributed by atoms with E-state index in [1.54, 1.807) is 24.5 Å². The first kappa shape index (κ1) is 19.1. The molecule has 3 rings (SSSR count). The molecule has 0 saturated heterocycles. The van der Waals surface area contributed by atoms with E-state index in [-0.39, 0.29) is 42.2 Å². The van der Waals surface area contributed by atoms with Crippen LogP contribution in [0, 0.1) is 0 Å². The number of benzene rings is 1. The molecule has 3 N–H and O–H groups in total. The van der Waals surface area contributed by atoms with E-state index in [0.717, 1.165) is 0 Å². The molecule has 1 aliphatic heterocycles. The summed E-state index contributed by atoms with van der Waals surface area (Å²) in [5.74, 6) is -2.45. The molecular weight excluding hydrogens is 368 g/mol. The Labute approximate surface area is 159 Å². The summed E-state index contributed by atoms with van der Waals surface area (Å²) < 4.78 is 6.26. The van der Waals surface area contributed by atoms with Crippen molar-refractivity contribution in [3.63, 3.8) is 0 Å². The summed E-state index contributed by atoms with van der Waals surface area (Å²) >= 11 is 0. The van der Waals surface area contributed by atoms with E-state index in [2.05, 4.69) is 10.4 Å². The number of nitrogens with one attached hydrogen (secondary N) is 1. The summed E-state index contributed by atoms with van der Waals surface area (Å²) in [6, 6.07) is 6.18. The molecule has 2 aromatic rings. The Morgan fingerprint density at radius 2 is 2.14 bits per heavy atom. The molecule has 0 unspecified atom stereocenters. The highest BCUT2D eigenvalue weighted by molar-refractivity contribution is 6.09. The standard InChI is InChI=1S/C18H18N4O6/c1-28-18(27)13-10-21(7-8-23)16(24)15(13)20-14-9-11(22-6-2-5-19-22)3-4-12(14)17(25)26/h2-6,9,20,23H,7-8,10H2,1H3,(H,25,26). The predicted molar refractivity (Wildman–Crippen MR) is 96.9 cm³/mol. The first-order chi connectivity index (χ1) is 13.5. The van der Waals surface area contributed by atoms with Crippen molar-refractivity contribution in [2.45, 2.75) is 0 Å². The smallest absolute Gasteiger partial charge is 0.337 e. The van der Waals surface area contributed by atoms with Crippen molar-refractivity contribution in [2.75, 3.05) is 32.1 Å². The number of anilines is 1. The second kappa shape index (κ2) is 7.92. The van der Waals surface area contributed by atoms with Gasteiger partial charge >= 0.3 is 11.9 Å². The van der Waals surface area contributed by atoms with Crippen LogP contribution in [0.3, 0.4) is 0 Å². The van der Waals surface area contributed by atoms with E-state index in [4.69, 9.17) is 9.84 Å². The molecule has 10 heteroatoms. The van der Waals surface area contributed by atoms with Crippen molar-refractivity contribution in [1.82, 2.24) is 14.7 Å². The summed E-state index contributed by atoms with van der Waals surface area (Å²) in [5, 5.41) is 25.5. The molecule has 1 aromatic heterocycles. The second-order valence-electron chi connectivity index (χ2n) is 5.91. The fourth-order valence-corrected chi connectivity index (χ4v) is 2.87. The molecule has 0 aliphatic carbocycles. The number of aromatic nitrogens is 2. The number of aromatic carboxylic acids is 1. The number of esters is 1. The summed E-state index contributed by atoms with van der Waals surface area (Å²) in [6.45, 7) is -0.290. The number of aliphatic hydroxyl groups excluding tert-OH is 1. The van der Waals surface area contributed by atoms with Gasteiger partial charge in [0.1, 0.15) is 5.70 Å². The minimum atomic E-state index is -1.20. The maximum atomic E-state index is 12.6. The number of aliphatic hydroxyl groups is 1. The van der Waals surface area contributed by atoms with Crippen molar-refractivity contribution in [2.24, 2.45) is 0 Å². The molecule has 2 heterocycles. The second-order valence-corrected chi connectivity index (χ2v) is 5.91. The molecule has 1 aliphatic rings. The Morgan fingerprint density at radius 1 is 1.36 bits per heavy atom. The van der Waals surface area contributed by atoms with Crippen LogP contribution in [0.4, 0.5) is 5.69 Å². The van der Waals surface area contributed by atoms with Gasteiger partial charge < -0.3 is 25.2 Å². The van der Waals surface area contributed by atoms with Crippen LogP contribution in [0.1, 0.15) is 10.4 Å². The van der Waals surface area contributed by atoms with E-state index < -0.39 is 17.8 Å². The minimum Gasteiger partial charge on any atom is -0.478 e. The fourth-order valence-electron chi connectivity index (χ4n) is 2.87. The van der Waals surface area contributed by atoms with Gasteiger partial charge in [-0.2, -0.15) is 5.10 Å². The van der Waals surface area contributed by atoms with Crippen LogP contribution >= 0.6 is 0 Å². The summed E-state index contributed by atoms with van der Waals surface area (Å²) in [5.41, 5.74) is 0.578. The highest BCUT2D eigenvalue weighted by Gasteiger charge is 2.35. The van der Waals surface area contributed by atoms with Crippen LogP contribution in [-0.4, -0.2) is 69.5 Å². The van der Waals surface area contributed by atoms with E-state index in [1.807, 2.05) is 0 Å². The van der Waals surface area contributed by atoms with Crippen molar-refractivity contribution in [1.29, 1.82) is 0 Å². The average molecular weight is 386 g/mol. The van der Waals surface area contributed by atoms with Crippen LogP contribution in [0.5, 0.6) is 0 Å². The lowest BCUT2D eigenvalue weighted by atomic mass is 10.1. The Morgan fingerprint density at radius 3 is 2.75 bits per heavy atom. The largest absolute Gasteiger partial charge is 0.478 e. The molecule has 0 atom stereocenters. The number of ether oxygens (including phenoxy) is 1. The normalized spacial score (nSPS) is 13.8. The monoisotopic (exact) mass is 386 g/mol. The third-order valence-electron chi connectivity index (χ3n) is 4.22. The Bertz CT molecular complexity index is 951. The molecule has 0 fully saturated rings. The SMILES string of the molecule is COC(=O)C1=C(Nc2cc(-n3cccn3)ccc2C(=O)O)C(=O)N(CCO)C1. The zero-order chi connectivity index (χ0) is 20.3. The van der Waals surface area contributed by atoms with Crippen molar-refractivity contribution in [3.05, 3.63) is 53.5 Å². The number of hydrogen-bond donors (Lipinski definition) is 3. The molecule has 0 saturated carbocycles. The van der Waals surface area contributed by atoms with E-state index in [0.29, 0.717) is 5.69 Å². The molecule has 1 aromatic carbocycles. The highest BCUT2D eigenvalue weighted by Crippen LogP contribution is 2.26. The zero-order valence-corrected chi connectivity index (χ0v) is 15.0. The number of carboxylic acid groups (broad SMARTS) is 1. The maximum absolute atomic E-state index is 12.6. The Kier molecular flexibility index (Phi) is 5.41. The van der Waals surface area contributed by atoms with Crippen molar-refractivity contribution >= 4 is 23.5 Å². The number of methoxy groups -OCH3 is 1. The van der Waals surface area contributed by atoms with Crippen LogP contribution < -0.4 is 5.32 Å². The maximum Gasteiger partial charge on any atom is 0.337 e. The van der Waals surface area contributed by atoms with E-state index in [9.17, 15) is 19.5 Å². The van der Waals surface area contributed by atoms with E-state index in [1.165, 1.54) is 28.8 Å². The van der Waals surface area contributed by atoms with Gasteiger partial charge in [0.15, 0.2) is 0 Å². The van der Waals surface area contributed by atoms with Gasteiger partial charge in [0.2, 0.25) is 0 Å². The first-order valence-electron chi connectivity index (χ1n) is 8.32. The third kappa shape index (κ3) is 3.58. The number of nitrogens with zero attached hydrogens (tertiary/aromatic N) is 3. The third-order valence-corrected chi connectivity index (χ3v) is 4.22. The van der Waals surface area contributed by atoms with Gasteiger partial charge in [-0.25, -0.2) is 14.3 Å². The summed E-state index contributed by atoms with van der Waals surface area (Å²) in [6.07, 6.45) is 3.26. The molecule has 146 valence electrons. The van der Waals surface area contributed by atoms with Crippen LogP contribution in [-0.2, 0) is 14.3 Å². The van der Waals surface area contributed by atoms with Gasteiger partial charge in [0.25, 0.3) is 5.91 Å². The molecule has 0 bridgehead atoms. The molecule has 0 spiro atoms. The van der Waals surface area contributed by atoms with Crippen molar-refractivity contribution < 1.29 is 29.3 Å². The number of carbonyl (C=O) groups excluding carboxylic acids is 2. The van der Waals surface area contributed by atoms with Crippen LogP contribution in [0.2, 0.25) is 0 Å². The molecule has 0 radical (unpaired) electrons. The lowest BCUT2D eigenvalue weighted by molar-refractivity contribution is -0.136. The van der Waals surface area contributed by atoms with Gasteiger partial charge in [0.05, 0.1) is 42.8 Å². The Hall–Kier alpha value is -3.66. The van der Waals surface area contributed by atoms with Gasteiger partial charge in [0, 0.05) is 18.9 Å². The fraction of sp³-hybridized carbons (Fsp3) is 0.222. The van der Waals surface area contributed by atoms with Gasteiger partial charge in [-0.15, -0.1) is 0 Å². The average Bonchev–Trinajstić information content (AvgIpc) is 3.32. The number of amides is 1. The first-order valence-corrected chi connectivity index (χ1v) is 8.32. The number of rotatable bonds is 7. The number of carboxylic acids is 1. The summed E-state index contributed by atoms with van der Waals surface area (Å²) in [4.78, 5) is 37.6. The Balaban J connectivity index is 2.04. The van der Waals surface area contributed by atoms with Crippen LogP contribution in [0.15, 0.2) is 47.9 Å². The lowest BCUT2D eigenvalue weighted by Crippen LogP contribution is -2.31. The van der Waals surface area contributed by atoms with Gasteiger partial charge in [-0.1, -0.05) is 0 Å². The summed E-state index contributed by atoms with van der Waals surface area (Å²) in [7, 11) is 1.19. The molecule has 10 nitrogen and oxygen atoms in total.